The van der Waals surface area contributed by atoms with Gasteiger partial charge in [-0.3, -0.25) is 0 Å². The van der Waals surface area contributed by atoms with Gasteiger partial charge in [-0.15, -0.1) is 11.3 Å². The van der Waals surface area contributed by atoms with Crippen molar-refractivity contribution in [1.29, 1.82) is 0 Å². The first kappa shape index (κ1) is 38.6. The van der Waals surface area contributed by atoms with Crippen LogP contribution in [0.25, 0.3) is 21.2 Å². The van der Waals surface area contributed by atoms with Gasteiger partial charge in [-0.2, -0.15) is 0 Å². The Bertz CT molecular complexity index is 3090. The van der Waals surface area contributed by atoms with Crippen LogP contribution in [0, 0.1) is 6.92 Å². The van der Waals surface area contributed by atoms with Gasteiger partial charge in [-0.25, -0.2) is 0 Å². The number of anilines is 6. The monoisotopic (exact) mass is 826 g/mol. The van der Waals surface area contributed by atoms with Crippen LogP contribution in [-0.2, 0) is 27.1 Å². The van der Waals surface area contributed by atoms with Crippen molar-refractivity contribution in [2.45, 2.75) is 129 Å². The molecule has 310 valence electrons. The van der Waals surface area contributed by atoms with E-state index in [0.717, 1.165) is 6.42 Å². The predicted octanol–water partition coefficient (Wildman–Crippen LogP) is 14.3. The van der Waals surface area contributed by atoms with Crippen molar-refractivity contribution in [1.82, 2.24) is 0 Å². The molecule has 5 aliphatic rings. The van der Waals surface area contributed by atoms with Gasteiger partial charge < -0.3 is 9.80 Å². The highest BCUT2D eigenvalue weighted by Crippen LogP contribution is 2.63. The quantitative estimate of drug-likeness (QED) is 0.160. The second kappa shape index (κ2) is 12.3. The molecule has 0 N–H and O–H groups in total. The Hall–Kier alpha value is -5.06. The molecular weight excluding hydrogens is 768 g/mol. The molecule has 0 amide bonds. The summed E-state index contributed by atoms with van der Waals surface area (Å²) in [6, 6.07) is 43.2. The molecule has 0 radical (unpaired) electrons. The first-order chi connectivity index (χ1) is 29.4. The zero-order valence-corrected chi connectivity index (χ0v) is 39.4. The molecule has 1 atom stereocenters. The largest absolute Gasteiger partial charge is 0.311 e. The van der Waals surface area contributed by atoms with E-state index in [1.54, 1.807) is 11.1 Å². The molecule has 6 aromatic carbocycles. The Morgan fingerprint density at radius 1 is 0.565 bits per heavy atom. The second-order valence-electron chi connectivity index (χ2n) is 22.8. The van der Waals surface area contributed by atoms with Crippen molar-refractivity contribution in [3.05, 3.63) is 148 Å². The van der Waals surface area contributed by atoms with Crippen LogP contribution in [0.3, 0.4) is 0 Å². The van der Waals surface area contributed by atoms with Crippen LogP contribution in [-0.4, -0.2) is 6.71 Å². The van der Waals surface area contributed by atoms with E-state index in [0.29, 0.717) is 0 Å². The van der Waals surface area contributed by atoms with Gasteiger partial charge in [0.05, 0.1) is 16.4 Å². The smallest absolute Gasteiger partial charge is 0.254 e. The minimum absolute atomic E-state index is 0.0108. The molecule has 0 saturated heterocycles. The molecule has 4 heterocycles. The molecule has 0 bridgehead atoms. The lowest BCUT2D eigenvalue weighted by Crippen LogP contribution is -2.62. The van der Waals surface area contributed by atoms with Crippen LogP contribution >= 0.6 is 11.3 Å². The topological polar surface area (TPSA) is 6.48 Å². The van der Waals surface area contributed by atoms with Gasteiger partial charge in [0.1, 0.15) is 0 Å². The Morgan fingerprint density at radius 3 is 1.94 bits per heavy atom. The minimum Gasteiger partial charge on any atom is -0.311 e. The maximum Gasteiger partial charge on any atom is 0.254 e. The maximum atomic E-state index is 2.80. The molecule has 7 aromatic rings. The molecule has 12 rings (SSSR count). The molecule has 0 saturated carbocycles. The molecule has 0 fully saturated rings. The molecule has 2 nitrogen and oxygen atoms in total. The SMILES string of the molecule is Cc1cc2c3c(c1)N1c4cc5c(cc4C4(C)CCC(C)(C)c6ccc(c1c64)B3c1c(sc3ccccc13)N2c1ccc(C(C)(C)C)cc1-c1ccccc1)C(C)(C)CCC5(C)C. The summed E-state index contributed by atoms with van der Waals surface area (Å²) in [4.78, 5) is 5.47. The van der Waals surface area contributed by atoms with E-state index < -0.39 is 0 Å². The molecule has 2 aliphatic carbocycles. The highest BCUT2D eigenvalue weighted by molar-refractivity contribution is 7.26. The Balaban J connectivity index is 1.23. The number of nitrogens with zero attached hydrogens (tertiary/aromatic N) is 2. The lowest BCUT2D eigenvalue weighted by Gasteiger charge is -2.55. The Morgan fingerprint density at radius 2 is 1.21 bits per heavy atom. The highest BCUT2D eigenvalue weighted by Gasteiger charge is 2.54. The lowest BCUT2D eigenvalue weighted by molar-refractivity contribution is 0.327. The van der Waals surface area contributed by atoms with E-state index in [1.807, 2.05) is 11.3 Å². The van der Waals surface area contributed by atoms with E-state index in [2.05, 4.69) is 195 Å². The molecule has 1 aromatic heterocycles. The fourth-order valence-electron chi connectivity index (χ4n) is 12.7. The van der Waals surface area contributed by atoms with Gasteiger partial charge in [0, 0.05) is 32.7 Å². The van der Waals surface area contributed by atoms with Crippen molar-refractivity contribution in [2.24, 2.45) is 0 Å². The van der Waals surface area contributed by atoms with Crippen LogP contribution in [0.4, 0.5) is 33.4 Å². The number of hydrogen-bond acceptors (Lipinski definition) is 3. The average molecular weight is 827 g/mol. The summed E-state index contributed by atoms with van der Waals surface area (Å²) >= 11 is 1.97. The number of rotatable bonds is 2. The summed E-state index contributed by atoms with van der Waals surface area (Å²) in [5, 5.41) is 2.72. The van der Waals surface area contributed by atoms with E-state index in [-0.39, 0.29) is 33.8 Å². The van der Waals surface area contributed by atoms with Crippen LogP contribution in [0.5, 0.6) is 0 Å². The zero-order chi connectivity index (χ0) is 43.0. The molecule has 0 spiro atoms. The third-order valence-electron chi connectivity index (χ3n) is 16.4. The molecular formula is C58H59BN2S. The fraction of sp³-hybridized carbons (Fsp3) is 0.345. The third kappa shape index (κ3) is 5.05. The van der Waals surface area contributed by atoms with Crippen molar-refractivity contribution in [3.63, 3.8) is 0 Å². The van der Waals surface area contributed by atoms with E-state index >= 15 is 0 Å². The summed E-state index contributed by atoms with van der Waals surface area (Å²) in [5.74, 6) is 0. The first-order valence-corrected chi connectivity index (χ1v) is 24.0. The van der Waals surface area contributed by atoms with Gasteiger partial charge in [0.2, 0.25) is 0 Å². The summed E-state index contributed by atoms with van der Waals surface area (Å²) < 4.78 is 1.35. The standard InChI is InChI=1S/C58H59BN2S/c1-34-29-46-51-47(30-34)61(44-24-21-36(54(2,3)4)31-38(44)35-17-13-12-14-18-35)53-50(37-19-15-16-20-48(37)62-53)59(51)43-23-22-39-49-52(43)60(46)45-33-41-40(56(7,8)25-26-57(41,9)10)32-42(45)58(49,11)28-27-55(39,5)6/h12-24,29-33H,25-28H2,1-11H3. The summed E-state index contributed by atoms with van der Waals surface area (Å²) in [6.07, 6.45) is 4.74. The van der Waals surface area contributed by atoms with Crippen LogP contribution < -0.4 is 26.2 Å². The van der Waals surface area contributed by atoms with Crippen LogP contribution in [0.1, 0.15) is 134 Å². The van der Waals surface area contributed by atoms with E-state index in [1.165, 1.54) is 118 Å². The second-order valence-corrected chi connectivity index (χ2v) is 23.8. The van der Waals surface area contributed by atoms with Crippen LogP contribution in [0.2, 0.25) is 0 Å². The van der Waals surface area contributed by atoms with Crippen molar-refractivity contribution >= 4 is 78.0 Å². The Labute approximate surface area is 374 Å². The zero-order valence-electron chi connectivity index (χ0n) is 38.6. The lowest BCUT2D eigenvalue weighted by atomic mass is 9.32. The maximum absolute atomic E-state index is 2.80. The fourth-order valence-corrected chi connectivity index (χ4v) is 13.9. The van der Waals surface area contributed by atoms with E-state index in [9.17, 15) is 0 Å². The summed E-state index contributed by atoms with van der Waals surface area (Å²) in [7, 11) is 0. The Kier molecular flexibility index (Phi) is 7.69. The van der Waals surface area contributed by atoms with Crippen molar-refractivity contribution < 1.29 is 0 Å². The first-order valence-electron chi connectivity index (χ1n) is 23.2. The van der Waals surface area contributed by atoms with Crippen LogP contribution in [0.15, 0.2) is 109 Å². The van der Waals surface area contributed by atoms with Gasteiger partial charge in [-0.1, -0.05) is 142 Å². The van der Waals surface area contributed by atoms with Gasteiger partial charge in [0.25, 0.3) is 6.71 Å². The number of fused-ring (bicyclic) bond motifs is 10. The number of benzene rings is 6. The number of hydrogen-bond donors (Lipinski definition) is 0. The van der Waals surface area contributed by atoms with E-state index in [4.69, 9.17) is 0 Å². The number of thiophene rings is 1. The van der Waals surface area contributed by atoms with Gasteiger partial charge in [-0.05, 0) is 157 Å². The average Bonchev–Trinajstić information content (AvgIpc) is 3.62. The minimum atomic E-state index is -0.0987. The normalized spacial score (nSPS) is 20.6. The molecule has 1 unspecified atom stereocenters. The summed E-state index contributed by atoms with van der Waals surface area (Å²) in [5.41, 5.74) is 24.2. The third-order valence-corrected chi connectivity index (χ3v) is 17.6. The molecule has 4 heteroatoms. The summed E-state index contributed by atoms with van der Waals surface area (Å²) in [6.45, 7) is 27.0. The molecule has 62 heavy (non-hydrogen) atoms. The highest BCUT2D eigenvalue weighted by atomic mass is 32.1. The van der Waals surface area contributed by atoms with Gasteiger partial charge >= 0.3 is 0 Å². The predicted molar refractivity (Wildman–Crippen MR) is 269 cm³/mol. The van der Waals surface area contributed by atoms with Gasteiger partial charge in [0.15, 0.2) is 0 Å². The number of aryl methyl sites for hydroxylation is 1. The molecule has 3 aliphatic heterocycles. The van der Waals surface area contributed by atoms with Crippen molar-refractivity contribution in [3.8, 4) is 11.1 Å². The van der Waals surface area contributed by atoms with Crippen molar-refractivity contribution in [2.75, 3.05) is 9.80 Å².